The second-order valence-corrected chi connectivity index (χ2v) is 4.22. The van der Waals surface area contributed by atoms with Crippen LogP contribution in [0.5, 0.6) is 0 Å². The standard InChI is InChI=1S/C18H18/c1-2-16-12-14-18(15-13-16)11-7-6-10-17-8-4-3-5-9-17/h3-15H,2H2,1H3. The van der Waals surface area contributed by atoms with Gasteiger partial charge in [0.15, 0.2) is 0 Å². The summed E-state index contributed by atoms with van der Waals surface area (Å²) in [6.07, 6.45) is 9.48. The molecular weight excluding hydrogens is 216 g/mol. The van der Waals surface area contributed by atoms with E-state index in [1.807, 2.05) is 18.2 Å². The zero-order chi connectivity index (χ0) is 12.6. The van der Waals surface area contributed by atoms with Gasteiger partial charge in [0.25, 0.3) is 0 Å². The highest BCUT2D eigenvalue weighted by atomic mass is 13.9. The van der Waals surface area contributed by atoms with E-state index in [1.54, 1.807) is 0 Å². The van der Waals surface area contributed by atoms with Gasteiger partial charge in [-0.15, -0.1) is 0 Å². The van der Waals surface area contributed by atoms with Crippen molar-refractivity contribution in [2.24, 2.45) is 0 Å². The summed E-state index contributed by atoms with van der Waals surface area (Å²) >= 11 is 0. The Kier molecular flexibility index (Phi) is 4.54. The maximum absolute atomic E-state index is 2.18. The zero-order valence-corrected chi connectivity index (χ0v) is 10.7. The molecule has 0 heterocycles. The molecule has 0 aliphatic rings. The van der Waals surface area contributed by atoms with Crippen molar-refractivity contribution in [3.8, 4) is 0 Å². The van der Waals surface area contributed by atoms with E-state index in [-0.39, 0.29) is 0 Å². The van der Waals surface area contributed by atoms with E-state index in [0.29, 0.717) is 0 Å². The van der Waals surface area contributed by atoms with Crippen LogP contribution in [0.3, 0.4) is 0 Å². The molecule has 2 aromatic carbocycles. The fraction of sp³-hybridized carbons (Fsp3) is 0.111. The lowest BCUT2D eigenvalue weighted by Crippen LogP contribution is -1.78. The van der Waals surface area contributed by atoms with E-state index in [4.69, 9.17) is 0 Å². The minimum Gasteiger partial charge on any atom is -0.0622 e. The first kappa shape index (κ1) is 12.4. The van der Waals surface area contributed by atoms with Crippen LogP contribution in [0.1, 0.15) is 23.6 Å². The van der Waals surface area contributed by atoms with Crippen LogP contribution in [0, 0.1) is 0 Å². The third kappa shape index (κ3) is 3.74. The maximum Gasteiger partial charge on any atom is -0.0256 e. The summed E-state index contributed by atoms with van der Waals surface area (Å²) in [6.45, 7) is 2.17. The summed E-state index contributed by atoms with van der Waals surface area (Å²) in [4.78, 5) is 0. The molecule has 0 saturated heterocycles. The Bertz CT molecular complexity index is 516. The summed E-state index contributed by atoms with van der Waals surface area (Å²) in [7, 11) is 0. The minimum atomic E-state index is 1.10. The molecular formula is C18H18. The molecule has 2 rings (SSSR count). The van der Waals surface area contributed by atoms with E-state index in [1.165, 1.54) is 16.7 Å². The molecule has 0 spiro atoms. The first-order valence-corrected chi connectivity index (χ1v) is 6.37. The Hall–Kier alpha value is -2.08. The summed E-state index contributed by atoms with van der Waals surface area (Å²) in [5, 5.41) is 0. The Morgan fingerprint density at radius 1 is 0.722 bits per heavy atom. The minimum absolute atomic E-state index is 1.10. The number of hydrogen-bond donors (Lipinski definition) is 0. The van der Waals surface area contributed by atoms with Gasteiger partial charge in [0, 0.05) is 0 Å². The predicted octanol–water partition coefficient (Wildman–Crippen LogP) is 4.98. The summed E-state index contributed by atoms with van der Waals surface area (Å²) in [5.41, 5.74) is 3.85. The fourth-order valence-corrected chi connectivity index (χ4v) is 1.76. The lowest BCUT2D eigenvalue weighted by atomic mass is 10.1. The molecule has 90 valence electrons. The van der Waals surface area contributed by atoms with Gasteiger partial charge in [0.2, 0.25) is 0 Å². The van der Waals surface area contributed by atoms with Gasteiger partial charge in [0.05, 0.1) is 0 Å². The molecule has 0 bridgehead atoms. The second-order valence-electron chi connectivity index (χ2n) is 4.22. The number of hydrogen-bond acceptors (Lipinski definition) is 0. The normalized spacial score (nSPS) is 11.4. The number of benzene rings is 2. The Morgan fingerprint density at radius 3 is 1.83 bits per heavy atom. The molecule has 0 fully saturated rings. The number of rotatable bonds is 4. The number of aryl methyl sites for hydroxylation is 1. The maximum atomic E-state index is 2.18. The Morgan fingerprint density at radius 2 is 1.28 bits per heavy atom. The van der Waals surface area contributed by atoms with Crippen molar-refractivity contribution in [1.29, 1.82) is 0 Å². The van der Waals surface area contributed by atoms with Gasteiger partial charge in [0.1, 0.15) is 0 Å². The average Bonchev–Trinajstić information content (AvgIpc) is 2.45. The fourth-order valence-electron chi connectivity index (χ4n) is 1.76. The first-order chi connectivity index (χ1) is 8.88. The van der Waals surface area contributed by atoms with Crippen molar-refractivity contribution in [2.45, 2.75) is 13.3 Å². The van der Waals surface area contributed by atoms with Gasteiger partial charge in [-0.3, -0.25) is 0 Å². The van der Waals surface area contributed by atoms with Crippen LogP contribution in [0.2, 0.25) is 0 Å². The van der Waals surface area contributed by atoms with Crippen LogP contribution in [0.25, 0.3) is 12.2 Å². The van der Waals surface area contributed by atoms with Crippen LogP contribution in [-0.4, -0.2) is 0 Å². The molecule has 0 saturated carbocycles. The molecule has 0 aliphatic heterocycles. The highest BCUT2D eigenvalue weighted by molar-refractivity contribution is 5.57. The molecule has 0 radical (unpaired) electrons. The van der Waals surface area contributed by atoms with E-state index in [2.05, 4.69) is 67.6 Å². The topological polar surface area (TPSA) is 0 Å². The predicted molar refractivity (Wildman–Crippen MR) is 80.3 cm³/mol. The van der Waals surface area contributed by atoms with Crippen LogP contribution < -0.4 is 0 Å². The van der Waals surface area contributed by atoms with Gasteiger partial charge < -0.3 is 0 Å². The molecule has 0 aliphatic carbocycles. The zero-order valence-electron chi connectivity index (χ0n) is 10.7. The molecule has 0 atom stereocenters. The summed E-state index contributed by atoms with van der Waals surface area (Å²) < 4.78 is 0. The van der Waals surface area contributed by atoms with Crippen molar-refractivity contribution < 1.29 is 0 Å². The quantitative estimate of drug-likeness (QED) is 0.655. The van der Waals surface area contributed by atoms with Crippen LogP contribution >= 0.6 is 0 Å². The van der Waals surface area contributed by atoms with Crippen molar-refractivity contribution in [3.05, 3.63) is 83.4 Å². The monoisotopic (exact) mass is 234 g/mol. The van der Waals surface area contributed by atoms with E-state index < -0.39 is 0 Å². The summed E-state index contributed by atoms with van der Waals surface area (Å²) in [5.74, 6) is 0. The second kappa shape index (κ2) is 6.61. The van der Waals surface area contributed by atoms with E-state index in [9.17, 15) is 0 Å². The lowest BCUT2D eigenvalue weighted by molar-refractivity contribution is 1.14. The van der Waals surface area contributed by atoms with Crippen molar-refractivity contribution in [3.63, 3.8) is 0 Å². The van der Waals surface area contributed by atoms with Gasteiger partial charge >= 0.3 is 0 Å². The van der Waals surface area contributed by atoms with Gasteiger partial charge in [-0.05, 0) is 23.1 Å². The highest BCUT2D eigenvalue weighted by Crippen LogP contribution is 2.07. The van der Waals surface area contributed by atoms with E-state index >= 15 is 0 Å². The molecule has 0 amide bonds. The van der Waals surface area contributed by atoms with Crippen molar-refractivity contribution in [2.75, 3.05) is 0 Å². The summed E-state index contributed by atoms with van der Waals surface area (Å²) in [6, 6.07) is 19.0. The first-order valence-electron chi connectivity index (χ1n) is 6.37. The SMILES string of the molecule is CCc1ccc(C=CC=Cc2ccccc2)cc1. The molecule has 0 N–H and O–H groups in total. The van der Waals surface area contributed by atoms with E-state index in [0.717, 1.165) is 6.42 Å². The molecule has 0 nitrogen and oxygen atoms in total. The van der Waals surface area contributed by atoms with Crippen LogP contribution in [0.15, 0.2) is 66.7 Å². The van der Waals surface area contributed by atoms with Crippen molar-refractivity contribution in [1.82, 2.24) is 0 Å². The molecule has 0 heteroatoms. The smallest absolute Gasteiger partial charge is 0.0256 e. The van der Waals surface area contributed by atoms with Crippen LogP contribution in [-0.2, 0) is 6.42 Å². The highest BCUT2D eigenvalue weighted by Gasteiger charge is 1.88. The Labute approximate surface area is 109 Å². The largest absolute Gasteiger partial charge is 0.0622 e. The molecule has 0 aromatic heterocycles. The third-order valence-corrected chi connectivity index (χ3v) is 2.88. The van der Waals surface area contributed by atoms with Gasteiger partial charge in [-0.25, -0.2) is 0 Å². The van der Waals surface area contributed by atoms with Gasteiger partial charge in [-0.2, -0.15) is 0 Å². The molecule has 2 aromatic rings. The average molecular weight is 234 g/mol. The lowest BCUT2D eigenvalue weighted by Gasteiger charge is -1.96. The van der Waals surface area contributed by atoms with Crippen LogP contribution in [0.4, 0.5) is 0 Å². The Balaban J connectivity index is 1.96. The molecule has 0 unspecified atom stereocenters. The van der Waals surface area contributed by atoms with Crippen molar-refractivity contribution >= 4 is 12.2 Å². The third-order valence-electron chi connectivity index (χ3n) is 2.88. The number of allylic oxidation sites excluding steroid dienone is 2. The molecule has 18 heavy (non-hydrogen) atoms. The van der Waals surface area contributed by atoms with Gasteiger partial charge in [-0.1, -0.05) is 85.8 Å².